The molecule has 0 radical (unpaired) electrons. The van der Waals surface area contributed by atoms with Gasteiger partial charge in [0.2, 0.25) is 0 Å². The van der Waals surface area contributed by atoms with Crippen LogP contribution in [0.4, 0.5) is 0 Å². The van der Waals surface area contributed by atoms with Gasteiger partial charge in [-0.05, 0) is 0 Å². The van der Waals surface area contributed by atoms with E-state index in [-0.39, 0.29) is 0 Å². The number of carbonyl (C=O) groups is 1. The molecular formula is C7H12O7. The second kappa shape index (κ2) is 4.20. The third kappa shape index (κ3) is 2.02. The summed E-state index contributed by atoms with van der Waals surface area (Å²) in [6.07, 6.45) is -8.77. The highest BCUT2D eigenvalue weighted by Gasteiger charge is 2.40. The fourth-order valence-corrected chi connectivity index (χ4v) is 1.11. The zero-order valence-electron chi connectivity index (χ0n) is 7.15. The molecule has 0 amide bonds. The molecule has 0 saturated carbocycles. The van der Waals surface area contributed by atoms with E-state index in [0.717, 1.165) is 0 Å². The molecule has 82 valence electrons. The third-order valence-electron chi connectivity index (χ3n) is 2.06. The number of carbonyl (C=O) groups excluding carboxylic acids is 1. The molecule has 0 aromatic heterocycles. The summed E-state index contributed by atoms with van der Waals surface area (Å²) in [5.74, 6) is -1.15. The molecule has 0 aromatic rings. The van der Waals surface area contributed by atoms with Crippen LogP contribution in [0.3, 0.4) is 0 Å². The Hall–Kier alpha value is -0.730. The van der Waals surface area contributed by atoms with Gasteiger partial charge in [-0.2, -0.15) is 0 Å². The molecule has 7 nitrogen and oxygen atoms in total. The van der Waals surface area contributed by atoms with E-state index < -0.39 is 43.1 Å². The summed E-state index contributed by atoms with van der Waals surface area (Å²) in [7, 11) is 0. The Morgan fingerprint density at radius 1 is 1.00 bits per heavy atom. The standard InChI is InChI=1S/C7H12O7/c8-2-1-14-7(13)6(12)5(11)4(10)3(2)9/h2-6,8-12H,1H2. The van der Waals surface area contributed by atoms with Crippen molar-refractivity contribution in [2.75, 3.05) is 6.61 Å². The number of cyclic esters (lactones) is 1. The smallest absolute Gasteiger partial charge is 0.337 e. The van der Waals surface area contributed by atoms with E-state index in [9.17, 15) is 9.90 Å². The van der Waals surface area contributed by atoms with E-state index in [2.05, 4.69) is 4.74 Å². The van der Waals surface area contributed by atoms with Crippen molar-refractivity contribution in [1.29, 1.82) is 0 Å². The highest BCUT2D eigenvalue weighted by molar-refractivity contribution is 5.75. The van der Waals surface area contributed by atoms with E-state index in [1.54, 1.807) is 0 Å². The van der Waals surface area contributed by atoms with Crippen molar-refractivity contribution in [3.05, 3.63) is 0 Å². The van der Waals surface area contributed by atoms with Gasteiger partial charge in [-0.15, -0.1) is 0 Å². The quantitative estimate of drug-likeness (QED) is 0.260. The van der Waals surface area contributed by atoms with Crippen LogP contribution in [-0.4, -0.2) is 68.6 Å². The Balaban J connectivity index is 2.80. The zero-order valence-corrected chi connectivity index (χ0v) is 7.15. The minimum absolute atomic E-state index is 0.541. The summed E-state index contributed by atoms with van der Waals surface area (Å²) in [5, 5.41) is 45.6. The molecule has 1 saturated heterocycles. The number of hydrogen-bond acceptors (Lipinski definition) is 7. The van der Waals surface area contributed by atoms with Gasteiger partial charge in [-0.25, -0.2) is 4.79 Å². The zero-order chi connectivity index (χ0) is 10.9. The van der Waals surface area contributed by atoms with E-state index in [0.29, 0.717) is 0 Å². The Morgan fingerprint density at radius 3 is 2.14 bits per heavy atom. The molecule has 5 N–H and O–H groups in total. The van der Waals surface area contributed by atoms with Crippen LogP contribution in [0.5, 0.6) is 0 Å². The van der Waals surface area contributed by atoms with Crippen LogP contribution in [-0.2, 0) is 9.53 Å². The maximum Gasteiger partial charge on any atom is 0.337 e. The summed E-state index contributed by atoms with van der Waals surface area (Å²) >= 11 is 0. The largest absolute Gasteiger partial charge is 0.461 e. The molecule has 0 bridgehead atoms. The van der Waals surface area contributed by atoms with Gasteiger partial charge in [0.05, 0.1) is 0 Å². The normalized spacial score (nSPS) is 45.2. The van der Waals surface area contributed by atoms with Crippen LogP contribution in [0.25, 0.3) is 0 Å². The van der Waals surface area contributed by atoms with Crippen LogP contribution in [0, 0.1) is 0 Å². The maximum atomic E-state index is 10.8. The molecule has 1 aliphatic rings. The lowest BCUT2D eigenvalue weighted by Crippen LogP contribution is -2.55. The van der Waals surface area contributed by atoms with Gasteiger partial charge in [0.1, 0.15) is 31.0 Å². The number of hydrogen-bond donors (Lipinski definition) is 5. The predicted molar refractivity (Wildman–Crippen MR) is 41.0 cm³/mol. The second-order valence-electron chi connectivity index (χ2n) is 3.11. The summed E-state index contributed by atoms with van der Waals surface area (Å²) in [4.78, 5) is 10.8. The van der Waals surface area contributed by atoms with E-state index in [4.69, 9.17) is 20.4 Å². The second-order valence-corrected chi connectivity index (χ2v) is 3.11. The number of aliphatic hydroxyl groups excluding tert-OH is 5. The SMILES string of the molecule is O=C1OCC(O)C(O)C(O)C(O)C1O. The summed E-state index contributed by atoms with van der Waals surface area (Å²) < 4.78 is 4.33. The molecule has 7 heteroatoms. The van der Waals surface area contributed by atoms with Crippen molar-refractivity contribution in [2.24, 2.45) is 0 Å². The summed E-state index contributed by atoms with van der Waals surface area (Å²) in [6, 6.07) is 0. The minimum atomic E-state index is -1.92. The highest BCUT2D eigenvalue weighted by Crippen LogP contribution is 2.13. The molecule has 0 aromatic carbocycles. The van der Waals surface area contributed by atoms with Crippen LogP contribution in [0.1, 0.15) is 0 Å². The average Bonchev–Trinajstić information content (AvgIpc) is 2.19. The molecule has 5 unspecified atom stereocenters. The Bertz CT molecular complexity index is 218. The first-order valence-corrected chi connectivity index (χ1v) is 4.02. The van der Waals surface area contributed by atoms with Crippen LogP contribution < -0.4 is 0 Å². The third-order valence-corrected chi connectivity index (χ3v) is 2.06. The Labute approximate surface area is 79.2 Å². The van der Waals surface area contributed by atoms with Gasteiger partial charge < -0.3 is 30.3 Å². The molecular weight excluding hydrogens is 196 g/mol. The molecule has 1 rings (SSSR count). The summed E-state index contributed by atoms with van der Waals surface area (Å²) in [5.41, 5.74) is 0. The predicted octanol–water partition coefficient (Wildman–Crippen LogP) is -3.65. The lowest BCUT2D eigenvalue weighted by molar-refractivity contribution is -0.192. The van der Waals surface area contributed by atoms with Crippen molar-refractivity contribution in [2.45, 2.75) is 30.5 Å². The van der Waals surface area contributed by atoms with Gasteiger partial charge in [0.15, 0.2) is 6.10 Å². The van der Waals surface area contributed by atoms with Crippen LogP contribution in [0.15, 0.2) is 0 Å². The van der Waals surface area contributed by atoms with Gasteiger partial charge in [-0.1, -0.05) is 0 Å². The van der Waals surface area contributed by atoms with Crippen molar-refractivity contribution >= 4 is 5.97 Å². The van der Waals surface area contributed by atoms with Crippen LogP contribution in [0.2, 0.25) is 0 Å². The van der Waals surface area contributed by atoms with Crippen molar-refractivity contribution in [3.63, 3.8) is 0 Å². The number of rotatable bonds is 0. The molecule has 1 fully saturated rings. The highest BCUT2D eigenvalue weighted by atomic mass is 16.6. The minimum Gasteiger partial charge on any atom is -0.461 e. The number of esters is 1. The van der Waals surface area contributed by atoms with E-state index in [1.807, 2.05) is 0 Å². The molecule has 0 aliphatic carbocycles. The monoisotopic (exact) mass is 208 g/mol. The summed E-state index contributed by atoms with van der Waals surface area (Å²) in [6.45, 7) is -0.541. The first-order valence-electron chi connectivity index (χ1n) is 4.02. The fourth-order valence-electron chi connectivity index (χ4n) is 1.11. The Kier molecular flexibility index (Phi) is 3.40. The van der Waals surface area contributed by atoms with E-state index in [1.165, 1.54) is 0 Å². The van der Waals surface area contributed by atoms with Crippen molar-refractivity contribution < 1.29 is 35.1 Å². The lowest BCUT2D eigenvalue weighted by atomic mass is 9.98. The molecule has 0 spiro atoms. The van der Waals surface area contributed by atoms with E-state index >= 15 is 0 Å². The number of ether oxygens (including phenoxy) is 1. The molecule has 1 aliphatic heterocycles. The topological polar surface area (TPSA) is 127 Å². The molecule has 1 heterocycles. The maximum absolute atomic E-state index is 10.8. The van der Waals surface area contributed by atoms with Gasteiger partial charge in [0, 0.05) is 0 Å². The number of aliphatic hydroxyl groups is 5. The van der Waals surface area contributed by atoms with Gasteiger partial charge in [-0.3, -0.25) is 0 Å². The van der Waals surface area contributed by atoms with Crippen molar-refractivity contribution in [1.82, 2.24) is 0 Å². The van der Waals surface area contributed by atoms with Gasteiger partial charge >= 0.3 is 5.97 Å². The first kappa shape index (κ1) is 11.3. The van der Waals surface area contributed by atoms with Crippen molar-refractivity contribution in [3.8, 4) is 0 Å². The lowest BCUT2D eigenvalue weighted by Gasteiger charge is -2.31. The average molecular weight is 208 g/mol. The molecule has 5 atom stereocenters. The Morgan fingerprint density at radius 2 is 1.57 bits per heavy atom. The van der Waals surface area contributed by atoms with Crippen LogP contribution >= 0.6 is 0 Å². The molecule has 14 heavy (non-hydrogen) atoms. The fraction of sp³-hybridized carbons (Fsp3) is 0.857. The first-order chi connectivity index (χ1) is 6.45. The van der Waals surface area contributed by atoms with Gasteiger partial charge in [0.25, 0.3) is 0 Å².